The summed E-state index contributed by atoms with van der Waals surface area (Å²) >= 11 is 6.42. The number of carbonyl (C=O) groups excluding carboxylic acids is 1. The molecule has 1 atom stereocenters. The highest BCUT2D eigenvalue weighted by Gasteiger charge is 2.28. The minimum Gasteiger partial charge on any atom is -0.365 e. The molecule has 4 rings (SSSR count). The summed E-state index contributed by atoms with van der Waals surface area (Å²) in [5, 5.41) is 4.39. The molecule has 33 heavy (non-hydrogen) atoms. The molecule has 3 aromatic rings. The molecular weight excluding hydrogens is 445 g/mol. The maximum Gasteiger partial charge on any atom is 0.292 e. The largest absolute Gasteiger partial charge is 0.365 e. The molecule has 9 heteroatoms. The molecule has 1 aliphatic rings. The molecule has 0 radical (unpaired) electrons. The molecule has 1 aromatic heterocycles. The number of rotatable bonds is 6. The highest BCUT2D eigenvalue weighted by Crippen LogP contribution is 2.24. The first kappa shape index (κ1) is 22.9. The molecule has 1 saturated heterocycles. The van der Waals surface area contributed by atoms with E-state index in [4.69, 9.17) is 17.3 Å². The Morgan fingerprint density at radius 1 is 1.06 bits per heavy atom. The van der Waals surface area contributed by atoms with Gasteiger partial charge in [0.1, 0.15) is 10.8 Å². The minimum absolute atomic E-state index is 0.0230. The molecule has 7 nitrogen and oxygen atoms in total. The standard InChI is InChI=1S/C24H25ClFN5O2/c25-22-21(16-28-31(24(22)33)20-4-2-1-3-5-20)29-10-12-30(13-11-29)23(32)18(15-27)14-17-6-8-19(26)9-7-17/h1-9,16,18H,10-15,27H2. The normalized spacial score (nSPS) is 14.9. The fourth-order valence-corrected chi connectivity index (χ4v) is 4.25. The van der Waals surface area contributed by atoms with Gasteiger partial charge in [0.15, 0.2) is 0 Å². The van der Waals surface area contributed by atoms with Crippen LogP contribution in [0.1, 0.15) is 5.56 Å². The van der Waals surface area contributed by atoms with E-state index in [2.05, 4.69) is 5.10 Å². The van der Waals surface area contributed by atoms with Crippen molar-refractivity contribution in [2.24, 2.45) is 11.7 Å². The van der Waals surface area contributed by atoms with Crippen LogP contribution in [0.2, 0.25) is 5.02 Å². The first-order valence-corrected chi connectivity index (χ1v) is 11.2. The summed E-state index contributed by atoms with van der Waals surface area (Å²) in [7, 11) is 0. The minimum atomic E-state index is -0.388. The third kappa shape index (κ3) is 5.07. The summed E-state index contributed by atoms with van der Waals surface area (Å²) in [6.07, 6.45) is 2.05. The highest BCUT2D eigenvalue weighted by atomic mass is 35.5. The number of halogens is 2. The van der Waals surface area contributed by atoms with Gasteiger partial charge in [0.05, 0.1) is 23.5 Å². The lowest BCUT2D eigenvalue weighted by molar-refractivity contribution is -0.135. The van der Waals surface area contributed by atoms with E-state index in [0.29, 0.717) is 44.0 Å². The molecule has 1 fully saturated rings. The van der Waals surface area contributed by atoms with Crippen LogP contribution in [0.5, 0.6) is 0 Å². The predicted molar refractivity (Wildman–Crippen MR) is 126 cm³/mol. The molecule has 1 unspecified atom stereocenters. The number of piperazine rings is 1. The number of amides is 1. The lowest BCUT2D eigenvalue weighted by Gasteiger charge is -2.37. The fourth-order valence-electron chi connectivity index (χ4n) is 4.00. The van der Waals surface area contributed by atoms with E-state index < -0.39 is 0 Å². The number of hydrogen-bond donors (Lipinski definition) is 1. The number of hydrogen-bond acceptors (Lipinski definition) is 5. The smallest absolute Gasteiger partial charge is 0.292 e. The SMILES string of the molecule is NCC(Cc1ccc(F)cc1)C(=O)N1CCN(c2cnn(-c3ccccc3)c(=O)c2Cl)CC1. The molecule has 172 valence electrons. The Balaban J connectivity index is 1.42. The van der Waals surface area contributed by atoms with Crippen molar-refractivity contribution >= 4 is 23.2 Å². The lowest BCUT2D eigenvalue weighted by atomic mass is 9.97. The summed E-state index contributed by atoms with van der Waals surface area (Å²) < 4.78 is 14.4. The number of benzene rings is 2. The molecular formula is C24H25ClFN5O2. The Bertz CT molecular complexity index is 1160. The number of nitrogens with zero attached hydrogens (tertiary/aromatic N) is 4. The van der Waals surface area contributed by atoms with Gasteiger partial charge in [0, 0.05) is 32.7 Å². The second kappa shape index (κ2) is 10.1. The Labute approximate surface area is 196 Å². The fraction of sp³-hybridized carbons (Fsp3) is 0.292. The quantitative estimate of drug-likeness (QED) is 0.599. The van der Waals surface area contributed by atoms with Crippen LogP contribution >= 0.6 is 11.6 Å². The first-order valence-electron chi connectivity index (χ1n) is 10.8. The van der Waals surface area contributed by atoms with Crippen molar-refractivity contribution in [3.8, 4) is 5.69 Å². The number of para-hydroxylation sites is 1. The van der Waals surface area contributed by atoms with Gasteiger partial charge in [0.2, 0.25) is 5.91 Å². The van der Waals surface area contributed by atoms with E-state index in [1.807, 2.05) is 23.1 Å². The number of nitrogens with two attached hydrogens (primary N) is 1. The van der Waals surface area contributed by atoms with Crippen molar-refractivity contribution in [1.29, 1.82) is 0 Å². The number of anilines is 1. The van der Waals surface area contributed by atoms with Gasteiger partial charge in [0.25, 0.3) is 5.56 Å². The predicted octanol–water partition coefficient (Wildman–Crippen LogP) is 2.49. The third-order valence-electron chi connectivity index (χ3n) is 5.86. The van der Waals surface area contributed by atoms with Gasteiger partial charge < -0.3 is 15.5 Å². The van der Waals surface area contributed by atoms with E-state index in [1.165, 1.54) is 16.8 Å². The van der Waals surface area contributed by atoms with Crippen LogP contribution in [-0.4, -0.2) is 53.3 Å². The number of aromatic nitrogens is 2. The van der Waals surface area contributed by atoms with Gasteiger partial charge >= 0.3 is 0 Å². The molecule has 1 amide bonds. The average Bonchev–Trinajstić information content (AvgIpc) is 2.85. The van der Waals surface area contributed by atoms with Crippen LogP contribution in [0.3, 0.4) is 0 Å². The molecule has 2 heterocycles. The van der Waals surface area contributed by atoms with Gasteiger partial charge in [-0.05, 0) is 36.2 Å². The molecule has 0 spiro atoms. The topological polar surface area (TPSA) is 84.5 Å². The van der Waals surface area contributed by atoms with Crippen LogP contribution in [0, 0.1) is 11.7 Å². The Kier molecular flexibility index (Phi) is 7.05. The third-order valence-corrected chi connectivity index (χ3v) is 6.22. The molecule has 2 aromatic carbocycles. The van der Waals surface area contributed by atoms with Gasteiger partial charge in [-0.15, -0.1) is 0 Å². The monoisotopic (exact) mass is 469 g/mol. The van der Waals surface area contributed by atoms with Gasteiger partial charge in [-0.3, -0.25) is 9.59 Å². The molecule has 1 aliphatic heterocycles. The zero-order valence-corrected chi connectivity index (χ0v) is 18.8. The van der Waals surface area contributed by atoms with E-state index in [1.54, 1.807) is 35.4 Å². The second-order valence-corrected chi connectivity index (χ2v) is 8.35. The van der Waals surface area contributed by atoms with Crippen LogP contribution < -0.4 is 16.2 Å². The average molecular weight is 470 g/mol. The Morgan fingerprint density at radius 2 is 1.73 bits per heavy atom. The van der Waals surface area contributed by atoms with Crippen molar-refractivity contribution in [2.45, 2.75) is 6.42 Å². The maximum absolute atomic E-state index is 13.2. The zero-order valence-electron chi connectivity index (χ0n) is 18.0. The van der Waals surface area contributed by atoms with Crippen LogP contribution in [0.25, 0.3) is 5.69 Å². The van der Waals surface area contributed by atoms with E-state index in [-0.39, 0.29) is 34.8 Å². The van der Waals surface area contributed by atoms with Gasteiger partial charge in [-0.25, -0.2) is 4.39 Å². The first-order chi connectivity index (χ1) is 16.0. The van der Waals surface area contributed by atoms with Gasteiger partial charge in [-0.1, -0.05) is 41.9 Å². The molecule has 0 bridgehead atoms. The lowest BCUT2D eigenvalue weighted by Crippen LogP contribution is -2.51. The molecule has 0 aliphatic carbocycles. The number of carbonyl (C=O) groups is 1. The summed E-state index contributed by atoms with van der Waals surface area (Å²) in [5.41, 5.74) is 7.56. The summed E-state index contributed by atoms with van der Waals surface area (Å²) in [6.45, 7) is 2.23. The Hall–Kier alpha value is -3.23. The van der Waals surface area contributed by atoms with Crippen LogP contribution in [0.4, 0.5) is 10.1 Å². The summed E-state index contributed by atoms with van der Waals surface area (Å²) in [4.78, 5) is 29.5. The van der Waals surface area contributed by atoms with E-state index in [9.17, 15) is 14.0 Å². The zero-order chi connectivity index (χ0) is 23.4. The van der Waals surface area contributed by atoms with E-state index in [0.717, 1.165) is 5.56 Å². The van der Waals surface area contributed by atoms with Crippen molar-refractivity contribution in [3.05, 3.63) is 87.6 Å². The Morgan fingerprint density at radius 3 is 2.36 bits per heavy atom. The summed E-state index contributed by atoms with van der Waals surface area (Å²) in [6, 6.07) is 15.2. The van der Waals surface area contributed by atoms with Crippen molar-refractivity contribution in [3.63, 3.8) is 0 Å². The highest BCUT2D eigenvalue weighted by molar-refractivity contribution is 6.33. The van der Waals surface area contributed by atoms with Gasteiger partial charge in [-0.2, -0.15) is 9.78 Å². The second-order valence-electron chi connectivity index (χ2n) is 7.97. The van der Waals surface area contributed by atoms with Crippen molar-refractivity contribution in [1.82, 2.24) is 14.7 Å². The summed E-state index contributed by atoms with van der Waals surface area (Å²) in [5.74, 6) is -0.706. The van der Waals surface area contributed by atoms with Crippen LogP contribution in [-0.2, 0) is 11.2 Å². The van der Waals surface area contributed by atoms with E-state index >= 15 is 0 Å². The van der Waals surface area contributed by atoms with Crippen LogP contribution in [0.15, 0.2) is 65.6 Å². The van der Waals surface area contributed by atoms with Crippen molar-refractivity contribution in [2.75, 3.05) is 37.6 Å². The molecule has 2 N–H and O–H groups in total. The maximum atomic E-state index is 13.2. The van der Waals surface area contributed by atoms with Crippen molar-refractivity contribution < 1.29 is 9.18 Å². The molecule has 0 saturated carbocycles.